The van der Waals surface area contributed by atoms with E-state index in [1.54, 1.807) is 35.7 Å². The van der Waals surface area contributed by atoms with Gasteiger partial charge in [-0.1, -0.05) is 31.4 Å². The van der Waals surface area contributed by atoms with E-state index in [1.807, 2.05) is 0 Å². The smallest absolute Gasteiger partial charge is 0.256 e. The van der Waals surface area contributed by atoms with E-state index in [0.717, 1.165) is 25.7 Å². The number of thiophene rings is 1. The van der Waals surface area contributed by atoms with Gasteiger partial charge in [0.05, 0.1) is 16.8 Å². The highest BCUT2D eigenvalue weighted by Crippen LogP contribution is 2.39. The number of hydrogen-bond acceptors (Lipinski definition) is 4. The van der Waals surface area contributed by atoms with Gasteiger partial charge in [-0.25, -0.2) is 0 Å². The van der Waals surface area contributed by atoms with E-state index in [4.69, 9.17) is 5.73 Å². The summed E-state index contributed by atoms with van der Waals surface area (Å²) in [4.78, 5) is 25.6. The normalized spacial score (nSPS) is 14.8. The summed E-state index contributed by atoms with van der Waals surface area (Å²) in [6.07, 6.45) is 5.17. The molecule has 1 aromatic carbocycles. The molecular weight excluding hydrogens is 346 g/mol. The number of benzene rings is 1. The average molecular weight is 366 g/mol. The van der Waals surface area contributed by atoms with Crippen LogP contribution in [0.25, 0.3) is 0 Å². The zero-order chi connectivity index (χ0) is 18.5. The highest BCUT2D eigenvalue weighted by atomic mass is 32.1. The molecule has 6 heteroatoms. The van der Waals surface area contributed by atoms with Crippen molar-refractivity contribution in [3.63, 3.8) is 0 Å². The second kappa shape index (κ2) is 8.15. The molecule has 1 radical (unpaired) electrons. The lowest BCUT2D eigenvalue weighted by atomic mass is 9.78. The highest BCUT2D eigenvalue weighted by Gasteiger charge is 2.34. The number of amides is 2. The number of carbonyl (C=O) groups excluding carboxylic acids is 2. The number of nitriles is 1. The third-order valence-corrected chi connectivity index (χ3v) is 5.68. The minimum atomic E-state index is -0.453. The maximum absolute atomic E-state index is 12.8. The van der Waals surface area contributed by atoms with Crippen molar-refractivity contribution in [1.82, 2.24) is 0 Å². The van der Waals surface area contributed by atoms with Gasteiger partial charge in [-0.3, -0.25) is 9.59 Å². The Kier molecular flexibility index (Phi) is 5.69. The number of nitrogens with one attached hydrogen (secondary N) is 1. The van der Waals surface area contributed by atoms with Crippen molar-refractivity contribution >= 4 is 28.8 Å². The van der Waals surface area contributed by atoms with E-state index >= 15 is 0 Å². The van der Waals surface area contributed by atoms with Gasteiger partial charge in [-0.05, 0) is 42.3 Å². The van der Waals surface area contributed by atoms with Crippen LogP contribution in [0, 0.1) is 23.2 Å². The van der Waals surface area contributed by atoms with Crippen LogP contribution in [0.5, 0.6) is 0 Å². The molecule has 3 rings (SSSR count). The van der Waals surface area contributed by atoms with Crippen molar-refractivity contribution in [2.24, 2.45) is 11.7 Å². The van der Waals surface area contributed by atoms with Crippen LogP contribution in [0.3, 0.4) is 0 Å². The molecule has 5 nitrogen and oxygen atoms in total. The molecule has 0 spiro atoms. The third-order valence-electron chi connectivity index (χ3n) is 4.73. The van der Waals surface area contributed by atoms with Crippen LogP contribution in [-0.2, 0) is 4.79 Å². The molecule has 1 aromatic heterocycles. The van der Waals surface area contributed by atoms with E-state index in [0.29, 0.717) is 27.6 Å². The molecule has 0 atom stereocenters. The van der Waals surface area contributed by atoms with E-state index < -0.39 is 5.91 Å². The van der Waals surface area contributed by atoms with Crippen LogP contribution >= 0.6 is 11.3 Å². The Labute approximate surface area is 156 Å². The molecule has 0 bridgehead atoms. The Morgan fingerprint density at radius 3 is 2.58 bits per heavy atom. The second-order valence-corrected chi connectivity index (χ2v) is 7.30. The lowest BCUT2D eigenvalue weighted by Gasteiger charge is -2.27. The molecule has 1 saturated carbocycles. The predicted octanol–water partition coefficient (Wildman–Crippen LogP) is 3.86. The second-order valence-electron chi connectivity index (χ2n) is 6.39. The number of primary amides is 1. The average Bonchev–Trinajstić information content (AvgIpc) is 3.12. The van der Waals surface area contributed by atoms with Crippen LogP contribution in [-0.4, -0.2) is 11.8 Å². The topological polar surface area (TPSA) is 96.0 Å². The van der Waals surface area contributed by atoms with Crippen molar-refractivity contribution in [3.8, 4) is 6.07 Å². The lowest BCUT2D eigenvalue weighted by Crippen LogP contribution is -2.31. The van der Waals surface area contributed by atoms with E-state index in [-0.39, 0.29) is 11.8 Å². The minimum absolute atomic E-state index is 0.109. The predicted molar refractivity (Wildman–Crippen MR) is 102 cm³/mol. The van der Waals surface area contributed by atoms with Crippen LogP contribution in [0.1, 0.15) is 52.9 Å². The van der Waals surface area contributed by atoms with Gasteiger partial charge in [0.15, 0.2) is 0 Å². The van der Waals surface area contributed by atoms with Gasteiger partial charge in [-0.2, -0.15) is 5.26 Å². The molecule has 1 fully saturated rings. The fraction of sp³-hybridized carbons (Fsp3) is 0.300. The number of nitrogens with zero attached hydrogens (tertiary/aromatic N) is 1. The van der Waals surface area contributed by atoms with Crippen LogP contribution < -0.4 is 11.1 Å². The highest BCUT2D eigenvalue weighted by molar-refractivity contribution is 7.11. The number of carbonyl (C=O) groups is 2. The molecule has 0 saturated heterocycles. The molecule has 1 aliphatic carbocycles. The van der Waals surface area contributed by atoms with Crippen LogP contribution in [0.4, 0.5) is 5.69 Å². The summed E-state index contributed by atoms with van der Waals surface area (Å²) in [7, 11) is 0. The molecule has 2 aromatic rings. The van der Waals surface area contributed by atoms with Crippen molar-refractivity contribution in [2.45, 2.75) is 32.1 Å². The zero-order valence-corrected chi connectivity index (χ0v) is 15.1. The van der Waals surface area contributed by atoms with Gasteiger partial charge in [-0.15, -0.1) is 11.3 Å². The molecule has 3 N–H and O–H groups in total. The Balaban J connectivity index is 1.88. The Morgan fingerprint density at radius 2 is 1.88 bits per heavy atom. The first-order chi connectivity index (χ1) is 12.6. The summed E-state index contributed by atoms with van der Waals surface area (Å²) >= 11 is 1.36. The van der Waals surface area contributed by atoms with Crippen molar-refractivity contribution < 1.29 is 9.59 Å². The van der Waals surface area contributed by atoms with Gasteiger partial charge < -0.3 is 11.1 Å². The number of nitrogens with two attached hydrogens (primary N) is 1. The maximum atomic E-state index is 12.8. The molecule has 133 valence electrons. The zero-order valence-electron chi connectivity index (χ0n) is 14.3. The van der Waals surface area contributed by atoms with Crippen molar-refractivity contribution in [1.29, 1.82) is 5.26 Å². The monoisotopic (exact) mass is 366 g/mol. The number of rotatable bonds is 5. The Morgan fingerprint density at radius 1 is 1.15 bits per heavy atom. The van der Waals surface area contributed by atoms with Crippen molar-refractivity contribution in [3.05, 3.63) is 57.6 Å². The summed E-state index contributed by atoms with van der Waals surface area (Å²) in [6, 6.07) is 10.6. The maximum Gasteiger partial charge on any atom is 0.256 e. The van der Waals surface area contributed by atoms with E-state index in [2.05, 4.69) is 11.4 Å². The fourth-order valence-electron chi connectivity index (χ4n) is 3.47. The van der Waals surface area contributed by atoms with Crippen molar-refractivity contribution in [2.75, 3.05) is 5.32 Å². The quantitative estimate of drug-likeness (QED) is 0.841. The molecule has 2 amide bonds. The van der Waals surface area contributed by atoms with Crippen LogP contribution in [0.2, 0.25) is 0 Å². The van der Waals surface area contributed by atoms with Gasteiger partial charge in [0.2, 0.25) is 5.91 Å². The summed E-state index contributed by atoms with van der Waals surface area (Å²) in [6.45, 7) is 0. The molecule has 0 unspecified atom stereocenters. The third kappa shape index (κ3) is 3.78. The SMILES string of the molecule is N#Cc1ccccc1NC(=O)c1ccsc1[C](C(N)=O)C1CCCCC1. The molecule has 1 heterocycles. The molecule has 0 aliphatic heterocycles. The van der Waals surface area contributed by atoms with Gasteiger partial charge in [0, 0.05) is 4.88 Å². The summed E-state index contributed by atoms with van der Waals surface area (Å²) in [5.74, 6) is -0.111. The molecular formula is C20H20N3O2S. The Bertz CT molecular complexity index is 847. The van der Waals surface area contributed by atoms with Gasteiger partial charge in [0.1, 0.15) is 12.0 Å². The molecule has 1 aliphatic rings. The summed E-state index contributed by atoms with van der Waals surface area (Å²) < 4.78 is 0. The van der Waals surface area contributed by atoms with E-state index in [1.165, 1.54) is 17.8 Å². The number of hydrogen-bond donors (Lipinski definition) is 2. The summed E-state index contributed by atoms with van der Waals surface area (Å²) in [5, 5.41) is 13.8. The van der Waals surface area contributed by atoms with Gasteiger partial charge >= 0.3 is 0 Å². The molecule has 26 heavy (non-hydrogen) atoms. The van der Waals surface area contributed by atoms with E-state index in [9.17, 15) is 14.9 Å². The number of para-hydroxylation sites is 1. The minimum Gasteiger partial charge on any atom is -0.369 e. The lowest BCUT2D eigenvalue weighted by molar-refractivity contribution is -0.116. The van der Waals surface area contributed by atoms with Crippen LogP contribution in [0.15, 0.2) is 35.7 Å². The Hall–Kier alpha value is -2.65. The first kappa shape index (κ1) is 18.2. The largest absolute Gasteiger partial charge is 0.369 e. The standard InChI is InChI=1S/C20H20N3O2S/c21-12-14-8-4-5-9-16(14)23-20(25)15-10-11-26-18(15)17(19(22)24)13-6-2-1-3-7-13/h4-5,8-11,13H,1-3,6-7H2,(H2,22,24)(H,23,25). The fourth-order valence-corrected chi connectivity index (χ4v) is 4.49. The summed E-state index contributed by atoms with van der Waals surface area (Å²) in [5.41, 5.74) is 6.96. The first-order valence-corrected chi connectivity index (χ1v) is 9.54. The van der Waals surface area contributed by atoms with Gasteiger partial charge in [0.25, 0.3) is 5.91 Å². The number of anilines is 1. The first-order valence-electron chi connectivity index (χ1n) is 8.66.